The van der Waals surface area contributed by atoms with Gasteiger partial charge in [0.2, 0.25) is 0 Å². The van der Waals surface area contributed by atoms with Gasteiger partial charge in [0.15, 0.2) is 0 Å². The molecule has 1 unspecified atom stereocenters. The summed E-state index contributed by atoms with van der Waals surface area (Å²) in [7, 11) is 0. The maximum Gasteiger partial charge on any atom is 0.110 e. The lowest BCUT2D eigenvalue weighted by molar-refractivity contribution is 0.461. The van der Waals surface area contributed by atoms with Crippen molar-refractivity contribution < 1.29 is 0 Å². The first-order valence-electron chi connectivity index (χ1n) is 7.52. The SMILES string of the molecule is CC(N)Cc1nccn1Cc1ccn(C2CCCC2)n1. The second kappa shape index (κ2) is 5.79. The Morgan fingerprint density at radius 2 is 2.15 bits per heavy atom. The third-order valence-electron chi connectivity index (χ3n) is 4.00. The lowest BCUT2D eigenvalue weighted by atomic mass is 10.2. The largest absolute Gasteiger partial charge is 0.329 e. The zero-order valence-electron chi connectivity index (χ0n) is 12.1. The van der Waals surface area contributed by atoms with Gasteiger partial charge in [-0.1, -0.05) is 12.8 Å². The van der Waals surface area contributed by atoms with Crippen molar-refractivity contribution in [2.24, 2.45) is 5.73 Å². The number of rotatable bonds is 5. The summed E-state index contributed by atoms with van der Waals surface area (Å²) in [6.45, 7) is 2.79. The number of aromatic nitrogens is 4. The Kier molecular flexibility index (Phi) is 3.87. The van der Waals surface area contributed by atoms with Crippen LogP contribution in [0.15, 0.2) is 24.7 Å². The lowest BCUT2D eigenvalue weighted by Crippen LogP contribution is -2.20. The van der Waals surface area contributed by atoms with E-state index in [1.165, 1.54) is 25.7 Å². The normalized spacial score (nSPS) is 17.7. The molecule has 1 aliphatic rings. The highest BCUT2D eigenvalue weighted by atomic mass is 15.3. The van der Waals surface area contributed by atoms with Crippen molar-refractivity contribution >= 4 is 0 Å². The van der Waals surface area contributed by atoms with Gasteiger partial charge in [-0.25, -0.2) is 4.98 Å². The van der Waals surface area contributed by atoms with E-state index in [0.717, 1.165) is 24.5 Å². The molecule has 5 nitrogen and oxygen atoms in total. The topological polar surface area (TPSA) is 61.7 Å². The minimum absolute atomic E-state index is 0.132. The summed E-state index contributed by atoms with van der Waals surface area (Å²) in [5.74, 6) is 1.04. The van der Waals surface area contributed by atoms with Crippen LogP contribution in [0, 0.1) is 0 Å². The standard InChI is InChI=1S/C15H23N5/c1-12(16)10-15-17-7-9-19(15)11-13-6-8-20(18-13)14-4-2-3-5-14/h6-9,12,14H,2-5,10-11,16H2,1H3. The van der Waals surface area contributed by atoms with E-state index >= 15 is 0 Å². The minimum Gasteiger partial charge on any atom is -0.329 e. The molecule has 20 heavy (non-hydrogen) atoms. The summed E-state index contributed by atoms with van der Waals surface area (Å²) in [6, 6.07) is 2.86. The van der Waals surface area contributed by atoms with Crippen LogP contribution in [0.3, 0.4) is 0 Å². The summed E-state index contributed by atoms with van der Waals surface area (Å²) in [4.78, 5) is 4.39. The molecule has 3 rings (SSSR count). The molecule has 2 aromatic heterocycles. The molecule has 0 amide bonds. The van der Waals surface area contributed by atoms with Crippen LogP contribution in [0.1, 0.15) is 50.2 Å². The summed E-state index contributed by atoms with van der Waals surface area (Å²) in [5, 5.41) is 4.72. The fourth-order valence-electron chi connectivity index (χ4n) is 2.97. The Morgan fingerprint density at radius 1 is 1.35 bits per heavy atom. The highest BCUT2D eigenvalue weighted by Crippen LogP contribution is 2.28. The van der Waals surface area contributed by atoms with Gasteiger partial charge in [0, 0.05) is 31.1 Å². The monoisotopic (exact) mass is 273 g/mol. The zero-order valence-corrected chi connectivity index (χ0v) is 12.1. The molecule has 1 aliphatic carbocycles. The molecule has 0 aromatic carbocycles. The Morgan fingerprint density at radius 3 is 2.90 bits per heavy atom. The Balaban J connectivity index is 1.70. The molecule has 1 atom stereocenters. The predicted molar refractivity (Wildman–Crippen MR) is 78.4 cm³/mol. The molecule has 1 saturated carbocycles. The Bertz CT molecular complexity index is 548. The van der Waals surface area contributed by atoms with Crippen LogP contribution >= 0.6 is 0 Å². The van der Waals surface area contributed by atoms with E-state index < -0.39 is 0 Å². The van der Waals surface area contributed by atoms with Gasteiger partial charge in [-0.3, -0.25) is 4.68 Å². The van der Waals surface area contributed by atoms with Gasteiger partial charge in [-0.2, -0.15) is 5.10 Å². The molecule has 0 saturated heterocycles. The van der Waals surface area contributed by atoms with Gasteiger partial charge in [0.1, 0.15) is 5.82 Å². The molecule has 108 valence electrons. The smallest absolute Gasteiger partial charge is 0.110 e. The van der Waals surface area contributed by atoms with Crippen molar-refractivity contribution in [2.45, 2.75) is 57.7 Å². The third-order valence-corrected chi connectivity index (χ3v) is 4.00. The number of nitrogens with zero attached hydrogens (tertiary/aromatic N) is 4. The van der Waals surface area contributed by atoms with Gasteiger partial charge < -0.3 is 10.3 Å². The van der Waals surface area contributed by atoms with Gasteiger partial charge in [0.25, 0.3) is 0 Å². The number of hydrogen-bond donors (Lipinski definition) is 1. The Hall–Kier alpha value is -1.62. The van der Waals surface area contributed by atoms with Crippen molar-refractivity contribution in [3.63, 3.8) is 0 Å². The van der Waals surface area contributed by atoms with E-state index in [1.54, 1.807) is 0 Å². The highest BCUT2D eigenvalue weighted by Gasteiger charge is 2.17. The fraction of sp³-hybridized carbons (Fsp3) is 0.600. The first kappa shape index (κ1) is 13.4. The molecule has 1 fully saturated rings. The molecule has 2 aromatic rings. The molecule has 0 radical (unpaired) electrons. The van der Waals surface area contributed by atoms with E-state index in [9.17, 15) is 0 Å². The fourth-order valence-corrected chi connectivity index (χ4v) is 2.97. The van der Waals surface area contributed by atoms with Crippen LogP contribution in [0.2, 0.25) is 0 Å². The Labute approximate surface area is 119 Å². The van der Waals surface area contributed by atoms with Gasteiger partial charge in [-0.05, 0) is 25.8 Å². The van der Waals surface area contributed by atoms with Crippen molar-refractivity contribution in [1.82, 2.24) is 19.3 Å². The molecule has 5 heteroatoms. The summed E-state index contributed by atoms with van der Waals surface area (Å²) in [6.07, 6.45) is 12.0. The van der Waals surface area contributed by atoms with E-state index in [0.29, 0.717) is 6.04 Å². The van der Waals surface area contributed by atoms with Gasteiger partial charge in [0.05, 0.1) is 18.3 Å². The summed E-state index contributed by atoms with van der Waals surface area (Å²) < 4.78 is 4.29. The van der Waals surface area contributed by atoms with E-state index in [1.807, 2.05) is 19.3 Å². The molecule has 0 spiro atoms. The summed E-state index contributed by atoms with van der Waals surface area (Å²) >= 11 is 0. The maximum absolute atomic E-state index is 5.86. The number of imidazole rings is 1. The van der Waals surface area contributed by atoms with Crippen LogP contribution in [0.25, 0.3) is 0 Å². The molecule has 0 aliphatic heterocycles. The quantitative estimate of drug-likeness (QED) is 0.907. The maximum atomic E-state index is 5.86. The molecule has 2 heterocycles. The first-order valence-corrected chi connectivity index (χ1v) is 7.52. The van der Waals surface area contributed by atoms with E-state index in [4.69, 9.17) is 10.8 Å². The van der Waals surface area contributed by atoms with E-state index in [-0.39, 0.29) is 6.04 Å². The number of hydrogen-bond acceptors (Lipinski definition) is 3. The molecular formula is C15H23N5. The number of nitrogens with two attached hydrogens (primary N) is 1. The second-order valence-corrected chi connectivity index (χ2v) is 5.88. The molecule has 0 bridgehead atoms. The van der Waals surface area contributed by atoms with Crippen LogP contribution in [-0.2, 0) is 13.0 Å². The van der Waals surface area contributed by atoms with Crippen molar-refractivity contribution in [1.29, 1.82) is 0 Å². The van der Waals surface area contributed by atoms with Crippen LogP contribution < -0.4 is 5.73 Å². The predicted octanol–water partition coefficient (Wildman–Crippen LogP) is 2.13. The van der Waals surface area contributed by atoms with Crippen molar-refractivity contribution in [3.05, 3.63) is 36.2 Å². The van der Waals surface area contributed by atoms with Crippen molar-refractivity contribution in [3.8, 4) is 0 Å². The van der Waals surface area contributed by atoms with Gasteiger partial charge >= 0.3 is 0 Å². The van der Waals surface area contributed by atoms with Crippen LogP contribution in [0.5, 0.6) is 0 Å². The summed E-state index contributed by atoms with van der Waals surface area (Å²) in [5.41, 5.74) is 6.96. The highest BCUT2D eigenvalue weighted by molar-refractivity contribution is 5.05. The third kappa shape index (κ3) is 2.93. The second-order valence-electron chi connectivity index (χ2n) is 5.88. The average molecular weight is 273 g/mol. The average Bonchev–Trinajstić information content (AvgIpc) is 3.11. The lowest BCUT2D eigenvalue weighted by Gasteiger charge is -2.10. The zero-order chi connectivity index (χ0) is 13.9. The van der Waals surface area contributed by atoms with Crippen molar-refractivity contribution in [2.75, 3.05) is 0 Å². The minimum atomic E-state index is 0.132. The van der Waals surface area contributed by atoms with Crippen LogP contribution in [0.4, 0.5) is 0 Å². The van der Waals surface area contributed by atoms with E-state index in [2.05, 4.69) is 26.5 Å². The molecular weight excluding hydrogens is 250 g/mol. The van der Waals surface area contributed by atoms with Gasteiger partial charge in [-0.15, -0.1) is 0 Å². The molecule has 2 N–H and O–H groups in total. The first-order chi connectivity index (χ1) is 9.72. The van der Waals surface area contributed by atoms with Crippen LogP contribution in [-0.4, -0.2) is 25.4 Å².